The number of benzene rings is 1. The highest BCUT2D eigenvalue weighted by atomic mass is 32.1. The lowest BCUT2D eigenvalue weighted by atomic mass is 10.1. The van der Waals surface area contributed by atoms with E-state index in [2.05, 4.69) is 15.6 Å². The van der Waals surface area contributed by atoms with Crippen LogP contribution in [-0.4, -0.2) is 31.0 Å². The molecule has 8 heteroatoms. The number of rotatable bonds is 6. The number of nitrogens with one attached hydrogen (secondary N) is 2. The fourth-order valence-electron chi connectivity index (χ4n) is 1.82. The van der Waals surface area contributed by atoms with Gasteiger partial charge in [0, 0.05) is 7.05 Å². The van der Waals surface area contributed by atoms with Gasteiger partial charge in [0.25, 0.3) is 5.91 Å². The number of hydrogen-bond acceptors (Lipinski definition) is 6. The number of methoxy groups -OCH3 is 1. The summed E-state index contributed by atoms with van der Waals surface area (Å²) in [5, 5.41) is 6.32. The van der Waals surface area contributed by atoms with Crippen molar-refractivity contribution in [1.82, 2.24) is 4.98 Å². The van der Waals surface area contributed by atoms with Crippen molar-refractivity contribution in [2.75, 3.05) is 24.8 Å². The van der Waals surface area contributed by atoms with Crippen LogP contribution in [0.1, 0.15) is 16.1 Å². The van der Waals surface area contributed by atoms with Gasteiger partial charge >= 0.3 is 0 Å². The predicted molar refractivity (Wildman–Crippen MR) is 85.5 cm³/mol. The van der Waals surface area contributed by atoms with Gasteiger partial charge in [-0.2, -0.15) is 0 Å². The molecule has 0 bridgehead atoms. The molecule has 0 unspecified atom stereocenters. The Morgan fingerprint density at radius 1 is 1.41 bits per heavy atom. The van der Waals surface area contributed by atoms with Crippen molar-refractivity contribution >= 4 is 33.3 Å². The lowest BCUT2D eigenvalue weighted by molar-refractivity contribution is -0.115. The lowest BCUT2D eigenvalue weighted by Gasteiger charge is -2.05. The van der Waals surface area contributed by atoms with Crippen LogP contribution >= 0.6 is 11.3 Å². The molecule has 22 heavy (non-hydrogen) atoms. The molecule has 1 heterocycles. The highest BCUT2D eigenvalue weighted by molar-refractivity contribution is 7.20. The maximum atomic E-state index is 12.1. The normalized spacial score (nSPS) is 10.1. The molecule has 0 fully saturated rings. The molecule has 7 nitrogen and oxygen atoms in total. The number of carbonyl (C=O) groups is 2. The third-order valence-corrected chi connectivity index (χ3v) is 3.81. The van der Waals surface area contributed by atoms with Gasteiger partial charge in [-0.05, 0) is 17.7 Å². The summed E-state index contributed by atoms with van der Waals surface area (Å²) in [7, 11) is 3.24. The number of anilines is 2. The highest BCUT2D eigenvalue weighted by Gasteiger charge is 2.17. The molecule has 0 aliphatic rings. The smallest absolute Gasteiger partial charge is 0.270 e. The molecule has 0 spiro atoms. The summed E-state index contributed by atoms with van der Waals surface area (Å²) in [6.45, 7) is 0. The molecule has 2 aromatic rings. The van der Waals surface area contributed by atoms with E-state index in [0.29, 0.717) is 15.9 Å². The Morgan fingerprint density at radius 3 is 2.82 bits per heavy atom. The lowest BCUT2D eigenvalue weighted by Crippen LogP contribution is -2.18. The number of nitrogens with two attached hydrogens (primary N) is 1. The van der Waals surface area contributed by atoms with Gasteiger partial charge in [-0.1, -0.05) is 23.5 Å². The Morgan fingerprint density at radius 2 is 2.18 bits per heavy atom. The SMILES string of the molecule is CNc1nc(C(N)=O)c(NC(=O)Cc2cccc(OC)c2)s1. The van der Waals surface area contributed by atoms with E-state index >= 15 is 0 Å². The van der Waals surface area contributed by atoms with Crippen molar-refractivity contribution in [2.24, 2.45) is 5.73 Å². The van der Waals surface area contributed by atoms with Crippen LogP contribution in [0.25, 0.3) is 0 Å². The fourth-order valence-corrected chi connectivity index (χ4v) is 2.66. The van der Waals surface area contributed by atoms with Gasteiger partial charge in [-0.15, -0.1) is 0 Å². The van der Waals surface area contributed by atoms with E-state index in [9.17, 15) is 9.59 Å². The number of thiazole rings is 1. The molecule has 4 N–H and O–H groups in total. The van der Waals surface area contributed by atoms with E-state index in [1.807, 2.05) is 12.1 Å². The van der Waals surface area contributed by atoms with Crippen LogP contribution in [0.4, 0.5) is 10.1 Å². The Balaban J connectivity index is 2.11. The van der Waals surface area contributed by atoms with E-state index in [4.69, 9.17) is 10.5 Å². The minimum atomic E-state index is -0.686. The average molecular weight is 320 g/mol. The maximum absolute atomic E-state index is 12.1. The quantitative estimate of drug-likeness (QED) is 0.747. The van der Waals surface area contributed by atoms with E-state index < -0.39 is 5.91 Å². The van der Waals surface area contributed by atoms with E-state index in [1.54, 1.807) is 26.3 Å². The number of hydrogen-bond donors (Lipinski definition) is 3. The topological polar surface area (TPSA) is 106 Å². The molecule has 2 amide bonds. The van der Waals surface area contributed by atoms with Gasteiger partial charge in [-0.25, -0.2) is 4.98 Å². The average Bonchev–Trinajstić information content (AvgIpc) is 2.90. The maximum Gasteiger partial charge on any atom is 0.270 e. The summed E-state index contributed by atoms with van der Waals surface area (Å²) in [6.07, 6.45) is 0.155. The van der Waals surface area contributed by atoms with E-state index in [-0.39, 0.29) is 18.0 Å². The zero-order valence-corrected chi connectivity index (χ0v) is 13.0. The first-order valence-corrected chi connectivity index (χ1v) is 7.26. The van der Waals surface area contributed by atoms with E-state index in [1.165, 1.54) is 0 Å². The zero-order valence-electron chi connectivity index (χ0n) is 12.2. The Hall–Kier alpha value is -2.61. The Kier molecular flexibility index (Phi) is 4.95. The van der Waals surface area contributed by atoms with Crippen LogP contribution in [0.5, 0.6) is 5.75 Å². The molecule has 2 rings (SSSR count). The van der Waals surface area contributed by atoms with Crippen molar-refractivity contribution in [3.63, 3.8) is 0 Å². The second kappa shape index (κ2) is 6.90. The summed E-state index contributed by atoms with van der Waals surface area (Å²) in [4.78, 5) is 27.5. The molecular formula is C14H16N4O3S. The third kappa shape index (κ3) is 3.73. The standard InChI is InChI=1S/C14H16N4O3S/c1-16-14-18-11(12(15)20)13(22-14)17-10(19)7-8-4-3-5-9(6-8)21-2/h3-6H,7H2,1-2H3,(H2,15,20)(H,16,18)(H,17,19). The molecule has 0 radical (unpaired) electrons. The van der Waals surface area contributed by atoms with Crippen LogP contribution in [0, 0.1) is 0 Å². The third-order valence-electron chi connectivity index (χ3n) is 2.83. The number of ether oxygens (including phenoxy) is 1. The first kappa shape index (κ1) is 15.8. The van der Waals surface area contributed by atoms with Gasteiger partial charge < -0.3 is 21.1 Å². The van der Waals surface area contributed by atoms with E-state index in [0.717, 1.165) is 16.9 Å². The minimum absolute atomic E-state index is 0.0494. The highest BCUT2D eigenvalue weighted by Crippen LogP contribution is 2.28. The number of nitrogens with zero attached hydrogens (tertiary/aromatic N) is 1. The molecular weight excluding hydrogens is 304 g/mol. The predicted octanol–water partition coefficient (Wildman–Crippen LogP) is 1.47. The summed E-state index contributed by atoms with van der Waals surface area (Å²) < 4.78 is 5.11. The fraction of sp³-hybridized carbons (Fsp3) is 0.214. The number of primary amides is 1. The molecule has 0 aliphatic heterocycles. The van der Waals surface area contributed by atoms with Crippen molar-refractivity contribution in [3.05, 3.63) is 35.5 Å². The van der Waals surface area contributed by atoms with Gasteiger partial charge in [0.2, 0.25) is 5.91 Å². The molecule has 1 aromatic carbocycles. The van der Waals surface area contributed by atoms with Gasteiger partial charge in [0.1, 0.15) is 10.8 Å². The Bertz CT molecular complexity index is 699. The second-order valence-corrected chi connectivity index (χ2v) is 5.39. The Labute approximate surface area is 131 Å². The van der Waals surface area contributed by atoms with Gasteiger partial charge in [0.15, 0.2) is 10.8 Å². The monoisotopic (exact) mass is 320 g/mol. The van der Waals surface area contributed by atoms with Crippen LogP contribution in [0.2, 0.25) is 0 Å². The van der Waals surface area contributed by atoms with Crippen LogP contribution in [0.3, 0.4) is 0 Å². The largest absolute Gasteiger partial charge is 0.497 e. The second-order valence-electron chi connectivity index (χ2n) is 4.39. The van der Waals surface area contributed by atoms with Crippen molar-refractivity contribution < 1.29 is 14.3 Å². The first-order chi connectivity index (χ1) is 10.5. The molecule has 0 saturated carbocycles. The summed E-state index contributed by atoms with van der Waals surface area (Å²) in [5.74, 6) is -0.269. The van der Waals surface area contributed by atoms with Crippen LogP contribution < -0.4 is 21.1 Å². The molecule has 116 valence electrons. The number of carbonyl (C=O) groups excluding carboxylic acids is 2. The zero-order chi connectivity index (χ0) is 16.1. The van der Waals surface area contributed by atoms with Crippen molar-refractivity contribution in [2.45, 2.75) is 6.42 Å². The van der Waals surface area contributed by atoms with Crippen molar-refractivity contribution in [3.8, 4) is 5.75 Å². The van der Waals surface area contributed by atoms with Gasteiger partial charge in [0.05, 0.1) is 13.5 Å². The molecule has 0 atom stereocenters. The summed E-state index contributed by atoms with van der Waals surface area (Å²) in [6, 6.07) is 7.21. The van der Waals surface area contributed by atoms with Crippen LogP contribution in [0.15, 0.2) is 24.3 Å². The van der Waals surface area contributed by atoms with Gasteiger partial charge in [-0.3, -0.25) is 9.59 Å². The molecule has 0 saturated heterocycles. The molecule has 0 aliphatic carbocycles. The van der Waals surface area contributed by atoms with Crippen molar-refractivity contribution in [1.29, 1.82) is 0 Å². The number of amides is 2. The van der Waals surface area contributed by atoms with Crippen LogP contribution in [-0.2, 0) is 11.2 Å². The minimum Gasteiger partial charge on any atom is -0.497 e. The number of aromatic nitrogens is 1. The molecule has 1 aromatic heterocycles. The first-order valence-electron chi connectivity index (χ1n) is 6.44. The summed E-state index contributed by atoms with van der Waals surface area (Å²) in [5.41, 5.74) is 6.11. The summed E-state index contributed by atoms with van der Waals surface area (Å²) >= 11 is 1.15.